The number of aromatic amines is 1. The fourth-order valence-electron chi connectivity index (χ4n) is 8.67. The number of nitrogens with one attached hydrogen (secondary N) is 1. The van der Waals surface area contributed by atoms with Gasteiger partial charge in [-0.3, -0.25) is 15.0 Å². The number of aliphatic hydroxyl groups is 1. The van der Waals surface area contributed by atoms with Crippen LogP contribution in [0.4, 0.5) is 0 Å². The van der Waals surface area contributed by atoms with Crippen molar-refractivity contribution in [2.24, 2.45) is 11.8 Å². The maximum Gasteiger partial charge on any atom is 0.322 e. The van der Waals surface area contributed by atoms with Crippen LogP contribution in [0.5, 0.6) is 17.2 Å². The maximum absolute atomic E-state index is 12.7. The Morgan fingerprint density at radius 1 is 0.982 bits per heavy atom. The number of imidazole rings is 1. The lowest BCUT2D eigenvalue weighted by atomic mass is 9.71. The van der Waals surface area contributed by atoms with Crippen LogP contribution in [-0.4, -0.2) is 74.5 Å². The fraction of sp³-hybridized carbons (Fsp3) is 0.341. The van der Waals surface area contributed by atoms with Crippen LogP contribution in [0.3, 0.4) is 0 Å². The van der Waals surface area contributed by atoms with Crippen molar-refractivity contribution in [2.45, 2.75) is 56.3 Å². The molecule has 6 aromatic rings. The SMILES string of the molecule is C=C[C@H]1C[N+]2(Cc3ccccc3)CC[C@H]1C[C@@H]2[C@@H](O)c1ccnc2ccc(OC)cc12.COc1ccc2[nH]c([S@@+]([O-])Cc3ncc(C)c(OC)c3C)nc2c1. The van der Waals surface area contributed by atoms with Crippen LogP contribution >= 0.6 is 0 Å². The molecular formula is C44H50N5O5S+. The van der Waals surface area contributed by atoms with Crippen molar-refractivity contribution in [1.82, 2.24) is 19.9 Å². The normalized spacial score (nSPS) is 21.4. The zero-order valence-corrected chi connectivity index (χ0v) is 33.0. The number of piperidine rings is 3. The molecule has 55 heavy (non-hydrogen) atoms. The molecule has 3 aliphatic rings. The predicted molar refractivity (Wildman–Crippen MR) is 217 cm³/mol. The standard InChI is InChI=1S/C27H31N2O2.C17H19N3O3S/c1-3-20-18-29(17-19-7-5-4-6-8-19)14-12-21(20)15-26(29)27(30)23-11-13-28-25-10-9-22(31-2)16-24(23)25;1-10-8-18-15(11(2)16(10)23-4)9-24(21)17-19-13-6-5-12(22-3)7-14(13)20-17/h3-11,13,16,20-21,26-27,30H,1,12,14-15,17-18H2,2H3;5-8H,9H2,1-4H3,(H,19,20)/q+1;/t20-,21-,26+,27-,29?;24-/m00/s1. The molecule has 9 rings (SSSR count). The second-order valence-electron chi connectivity index (χ2n) is 14.7. The lowest BCUT2D eigenvalue weighted by Gasteiger charge is -2.58. The van der Waals surface area contributed by atoms with E-state index in [2.05, 4.69) is 62.9 Å². The number of hydrogen-bond acceptors (Lipinski definition) is 8. The van der Waals surface area contributed by atoms with Gasteiger partial charge in [-0.25, -0.2) is 0 Å². The zero-order chi connectivity index (χ0) is 38.7. The number of rotatable bonds is 11. The number of nitrogens with zero attached hydrogens (tertiary/aromatic N) is 4. The van der Waals surface area contributed by atoms with E-state index >= 15 is 0 Å². The minimum absolute atomic E-state index is 0.159. The van der Waals surface area contributed by atoms with Gasteiger partial charge in [-0.05, 0) is 61.7 Å². The molecule has 3 aliphatic heterocycles. The number of ether oxygens (including phenoxy) is 3. The number of hydrogen-bond donors (Lipinski definition) is 2. The molecular weight excluding hydrogens is 711 g/mol. The van der Waals surface area contributed by atoms with Gasteiger partial charge in [-0.1, -0.05) is 36.4 Å². The molecule has 3 saturated heterocycles. The largest absolute Gasteiger partial charge is 0.609 e. The minimum atomic E-state index is -1.33. The van der Waals surface area contributed by atoms with E-state index in [4.69, 9.17) is 14.2 Å². The molecule has 0 saturated carbocycles. The maximum atomic E-state index is 12.7. The fourth-order valence-corrected chi connectivity index (χ4v) is 9.77. The molecule has 0 amide bonds. The third-order valence-corrected chi connectivity index (χ3v) is 12.7. The molecule has 0 spiro atoms. The Bertz CT molecular complexity index is 2280. The van der Waals surface area contributed by atoms with Gasteiger partial charge in [-0.2, -0.15) is 4.98 Å². The second kappa shape index (κ2) is 16.4. The number of H-pyrrole nitrogens is 1. The highest BCUT2D eigenvalue weighted by Gasteiger charge is 2.54. The molecule has 2 bridgehead atoms. The van der Waals surface area contributed by atoms with Crippen molar-refractivity contribution in [3.63, 3.8) is 0 Å². The highest BCUT2D eigenvalue weighted by molar-refractivity contribution is 7.90. The third kappa shape index (κ3) is 7.80. The van der Waals surface area contributed by atoms with Crippen molar-refractivity contribution in [1.29, 1.82) is 0 Å². The Hall–Kier alpha value is -4.94. The second-order valence-corrected chi connectivity index (χ2v) is 16.1. The average molecular weight is 761 g/mol. The summed E-state index contributed by atoms with van der Waals surface area (Å²) in [6.45, 7) is 11.1. The number of quaternary nitrogens is 1. The Morgan fingerprint density at radius 3 is 2.49 bits per heavy atom. The number of aromatic nitrogens is 4. The van der Waals surface area contributed by atoms with Gasteiger partial charge in [-0.15, -0.1) is 6.58 Å². The summed E-state index contributed by atoms with van der Waals surface area (Å²) in [7, 11) is 4.91. The summed E-state index contributed by atoms with van der Waals surface area (Å²) in [5.74, 6) is 3.70. The summed E-state index contributed by atoms with van der Waals surface area (Å²) in [5, 5.41) is 13.2. The van der Waals surface area contributed by atoms with Crippen LogP contribution in [0.1, 0.15) is 46.9 Å². The summed E-state index contributed by atoms with van der Waals surface area (Å²) in [6.07, 6.45) is 7.39. The number of aliphatic hydroxyl groups excluding tert-OH is 1. The summed E-state index contributed by atoms with van der Waals surface area (Å²) in [4.78, 5) is 16.4. The number of fused-ring (bicyclic) bond motifs is 5. The van der Waals surface area contributed by atoms with Crippen molar-refractivity contribution in [3.8, 4) is 17.2 Å². The van der Waals surface area contributed by atoms with Crippen LogP contribution in [-0.2, 0) is 23.5 Å². The number of benzene rings is 3. The van der Waals surface area contributed by atoms with Gasteiger partial charge in [0.1, 0.15) is 35.9 Å². The molecule has 3 fully saturated rings. The van der Waals surface area contributed by atoms with E-state index in [9.17, 15) is 9.66 Å². The Kier molecular flexibility index (Phi) is 11.4. The Morgan fingerprint density at radius 2 is 1.75 bits per heavy atom. The number of aryl methyl sites for hydroxylation is 1. The summed E-state index contributed by atoms with van der Waals surface area (Å²) < 4.78 is 29.6. The van der Waals surface area contributed by atoms with Crippen molar-refractivity contribution >= 4 is 33.1 Å². The van der Waals surface area contributed by atoms with Crippen molar-refractivity contribution in [3.05, 3.63) is 126 Å². The van der Waals surface area contributed by atoms with Crippen LogP contribution in [0.2, 0.25) is 0 Å². The van der Waals surface area contributed by atoms with E-state index in [1.807, 2.05) is 62.5 Å². The van der Waals surface area contributed by atoms with Gasteiger partial charge in [0.05, 0.1) is 56.7 Å². The number of methoxy groups -OCH3 is 3. The van der Waals surface area contributed by atoms with E-state index in [-0.39, 0.29) is 11.8 Å². The van der Waals surface area contributed by atoms with E-state index in [1.54, 1.807) is 27.5 Å². The molecule has 6 atom stereocenters. The van der Waals surface area contributed by atoms with Crippen LogP contribution < -0.4 is 14.2 Å². The summed E-state index contributed by atoms with van der Waals surface area (Å²) in [6, 6.07) is 24.3. The Labute approximate surface area is 326 Å². The van der Waals surface area contributed by atoms with E-state index < -0.39 is 17.3 Å². The van der Waals surface area contributed by atoms with E-state index in [1.165, 1.54) is 12.0 Å². The molecule has 3 aromatic heterocycles. The van der Waals surface area contributed by atoms with Gasteiger partial charge in [0.2, 0.25) is 0 Å². The first kappa shape index (κ1) is 38.3. The molecule has 6 heterocycles. The van der Waals surface area contributed by atoms with Gasteiger partial charge in [0.25, 0.3) is 0 Å². The van der Waals surface area contributed by atoms with Crippen molar-refractivity contribution < 1.29 is 28.4 Å². The number of pyridine rings is 2. The average Bonchev–Trinajstić information content (AvgIpc) is 3.66. The van der Waals surface area contributed by atoms with E-state index in [0.29, 0.717) is 22.7 Å². The van der Waals surface area contributed by atoms with Gasteiger partial charge in [0.15, 0.2) is 5.75 Å². The first-order chi connectivity index (χ1) is 26.7. The molecule has 0 radical (unpaired) electrons. The third-order valence-electron chi connectivity index (χ3n) is 11.6. The van der Waals surface area contributed by atoms with Crippen LogP contribution in [0, 0.1) is 25.7 Å². The lowest BCUT2D eigenvalue weighted by Crippen LogP contribution is -2.67. The lowest BCUT2D eigenvalue weighted by molar-refractivity contribution is -0.984. The molecule has 2 N–H and O–H groups in total. The summed E-state index contributed by atoms with van der Waals surface area (Å²) >= 11 is -1.33. The van der Waals surface area contributed by atoms with Gasteiger partial charge < -0.3 is 28.4 Å². The molecule has 11 heteroatoms. The highest BCUT2D eigenvalue weighted by atomic mass is 32.2. The molecule has 1 unspecified atom stereocenters. The Balaban J connectivity index is 0.000000175. The summed E-state index contributed by atoms with van der Waals surface area (Å²) in [5.41, 5.74) is 7.35. The monoisotopic (exact) mass is 760 g/mol. The molecule has 3 aromatic carbocycles. The van der Waals surface area contributed by atoms with Crippen LogP contribution in [0.25, 0.3) is 21.9 Å². The highest BCUT2D eigenvalue weighted by Crippen LogP contribution is 2.48. The first-order valence-electron chi connectivity index (χ1n) is 18.7. The van der Waals surface area contributed by atoms with E-state index in [0.717, 1.165) is 86.4 Å². The van der Waals surface area contributed by atoms with Gasteiger partial charge in [0, 0.05) is 70.5 Å². The first-order valence-corrected chi connectivity index (χ1v) is 20.0. The predicted octanol–water partition coefficient (Wildman–Crippen LogP) is 7.79. The van der Waals surface area contributed by atoms with Crippen molar-refractivity contribution in [2.75, 3.05) is 34.4 Å². The molecule has 286 valence electrons. The van der Waals surface area contributed by atoms with Crippen LogP contribution in [0.15, 0.2) is 103 Å². The quantitative estimate of drug-likeness (QED) is 0.0780. The smallest absolute Gasteiger partial charge is 0.322 e. The molecule has 0 aliphatic carbocycles. The minimum Gasteiger partial charge on any atom is -0.609 e. The molecule has 10 nitrogen and oxygen atoms in total. The van der Waals surface area contributed by atoms with Gasteiger partial charge >= 0.3 is 5.16 Å². The topological polar surface area (TPSA) is 125 Å². The zero-order valence-electron chi connectivity index (χ0n) is 32.2.